The van der Waals surface area contributed by atoms with Crippen molar-refractivity contribution in [1.82, 2.24) is 19.9 Å². The maximum absolute atomic E-state index is 13.0. The Morgan fingerprint density at radius 3 is 2.73 bits per heavy atom. The number of nitrogens with zero attached hydrogens (tertiary/aromatic N) is 5. The zero-order chi connectivity index (χ0) is 23.2. The van der Waals surface area contributed by atoms with Gasteiger partial charge in [0.15, 0.2) is 0 Å². The lowest BCUT2D eigenvalue weighted by Gasteiger charge is -2.35. The van der Waals surface area contributed by atoms with Crippen molar-refractivity contribution in [2.45, 2.75) is 26.0 Å². The lowest BCUT2D eigenvalue weighted by atomic mass is 10.00. The summed E-state index contributed by atoms with van der Waals surface area (Å²) in [4.78, 5) is 21.6. The standard InChI is InChI=1S/C25H27N5O3/c1-18(15-26)20-6-4-8-22(14-20)25(31)30-11-9-29(10-12-30)16-19-5-3-7-21(13-19)24-27-23(17-32-2)33-28-24/h3-8,13-14,18H,9-12,16-17H2,1-2H3. The van der Waals surface area contributed by atoms with E-state index in [0.717, 1.165) is 36.3 Å². The Balaban J connectivity index is 1.35. The van der Waals surface area contributed by atoms with Crippen molar-refractivity contribution in [2.24, 2.45) is 0 Å². The first kappa shape index (κ1) is 22.6. The van der Waals surface area contributed by atoms with Crippen molar-refractivity contribution in [3.8, 4) is 17.5 Å². The minimum atomic E-state index is -0.232. The summed E-state index contributed by atoms with van der Waals surface area (Å²) in [5.41, 5.74) is 3.57. The van der Waals surface area contributed by atoms with Crippen LogP contribution in [-0.4, -0.2) is 59.1 Å². The highest BCUT2D eigenvalue weighted by Crippen LogP contribution is 2.20. The van der Waals surface area contributed by atoms with Gasteiger partial charge >= 0.3 is 0 Å². The molecule has 1 unspecified atom stereocenters. The Morgan fingerprint density at radius 1 is 1.18 bits per heavy atom. The smallest absolute Gasteiger partial charge is 0.253 e. The number of aromatic nitrogens is 2. The molecule has 1 aliphatic rings. The zero-order valence-corrected chi connectivity index (χ0v) is 18.9. The first-order chi connectivity index (χ1) is 16.1. The summed E-state index contributed by atoms with van der Waals surface area (Å²) in [5, 5.41) is 13.2. The zero-order valence-electron chi connectivity index (χ0n) is 18.9. The Morgan fingerprint density at radius 2 is 1.97 bits per heavy atom. The van der Waals surface area contributed by atoms with Gasteiger partial charge in [0.1, 0.15) is 6.61 Å². The number of piperazine rings is 1. The van der Waals surface area contributed by atoms with Crippen LogP contribution in [0, 0.1) is 11.3 Å². The minimum absolute atomic E-state index is 0.0209. The number of hydrogen-bond acceptors (Lipinski definition) is 7. The van der Waals surface area contributed by atoms with E-state index >= 15 is 0 Å². The number of benzene rings is 2. The molecule has 1 saturated heterocycles. The van der Waals surface area contributed by atoms with Gasteiger partial charge in [0.05, 0.1) is 12.0 Å². The number of methoxy groups -OCH3 is 1. The number of hydrogen-bond donors (Lipinski definition) is 0. The molecule has 8 heteroatoms. The molecule has 170 valence electrons. The largest absolute Gasteiger partial charge is 0.375 e. The Hall–Kier alpha value is -3.54. The fraction of sp³-hybridized carbons (Fsp3) is 0.360. The third kappa shape index (κ3) is 5.45. The molecule has 0 bridgehead atoms. The normalized spacial score (nSPS) is 15.2. The van der Waals surface area contributed by atoms with Crippen molar-refractivity contribution >= 4 is 5.91 Å². The van der Waals surface area contributed by atoms with Gasteiger partial charge in [-0.2, -0.15) is 10.2 Å². The van der Waals surface area contributed by atoms with Gasteiger partial charge < -0.3 is 14.2 Å². The van der Waals surface area contributed by atoms with Crippen molar-refractivity contribution in [1.29, 1.82) is 5.26 Å². The van der Waals surface area contributed by atoms with E-state index < -0.39 is 0 Å². The van der Waals surface area contributed by atoms with Crippen LogP contribution in [0.15, 0.2) is 53.1 Å². The summed E-state index contributed by atoms with van der Waals surface area (Å²) in [5.74, 6) is 0.788. The third-order valence-electron chi connectivity index (χ3n) is 5.81. The van der Waals surface area contributed by atoms with E-state index in [0.29, 0.717) is 30.4 Å². The molecule has 4 rings (SSSR count). The fourth-order valence-corrected chi connectivity index (χ4v) is 3.93. The van der Waals surface area contributed by atoms with Gasteiger partial charge in [-0.3, -0.25) is 9.69 Å². The molecule has 1 aromatic heterocycles. The Bertz CT molecular complexity index is 1140. The quantitative estimate of drug-likeness (QED) is 0.549. The molecule has 0 aliphatic carbocycles. The molecule has 1 aliphatic heterocycles. The monoisotopic (exact) mass is 445 g/mol. The second-order valence-electron chi connectivity index (χ2n) is 8.19. The molecule has 8 nitrogen and oxygen atoms in total. The van der Waals surface area contributed by atoms with Crippen molar-refractivity contribution in [3.63, 3.8) is 0 Å². The lowest BCUT2D eigenvalue weighted by Crippen LogP contribution is -2.48. The van der Waals surface area contributed by atoms with Gasteiger partial charge in [0.2, 0.25) is 5.82 Å². The van der Waals surface area contributed by atoms with Gasteiger partial charge in [0.25, 0.3) is 11.8 Å². The van der Waals surface area contributed by atoms with Crippen LogP contribution in [0.1, 0.15) is 40.2 Å². The van der Waals surface area contributed by atoms with Crippen LogP contribution in [0.4, 0.5) is 0 Å². The van der Waals surface area contributed by atoms with E-state index in [1.165, 1.54) is 0 Å². The Labute approximate surface area is 193 Å². The molecule has 2 aromatic carbocycles. The Kier molecular flexibility index (Phi) is 7.13. The number of rotatable bonds is 7. The minimum Gasteiger partial charge on any atom is -0.375 e. The number of amides is 1. The lowest BCUT2D eigenvalue weighted by molar-refractivity contribution is 0.0628. The summed E-state index contributed by atoms with van der Waals surface area (Å²) in [7, 11) is 1.59. The van der Waals surface area contributed by atoms with E-state index in [1.807, 2.05) is 48.2 Å². The average Bonchev–Trinajstić information content (AvgIpc) is 3.33. The van der Waals surface area contributed by atoms with E-state index in [-0.39, 0.29) is 18.4 Å². The molecule has 2 heterocycles. The molecular weight excluding hydrogens is 418 g/mol. The number of nitriles is 1. The predicted octanol–water partition coefficient (Wildman–Crippen LogP) is 3.47. The van der Waals surface area contributed by atoms with Crippen molar-refractivity contribution in [3.05, 3.63) is 71.1 Å². The summed E-state index contributed by atoms with van der Waals surface area (Å²) >= 11 is 0. The molecule has 33 heavy (non-hydrogen) atoms. The molecule has 3 aromatic rings. The fourth-order valence-electron chi connectivity index (χ4n) is 3.93. The number of ether oxygens (including phenoxy) is 1. The van der Waals surface area contributed by atoms with Crippen LogP contribution < -0.4 is 0 Å². The van der Waals surface area contributed by atoms with Crippen LogP contribution in [0.2, 0.25) is 0 Å². The van der Waals surface area contributed by atoms with Crippen LogP contribution in [-0.2, 0) is 17.9 Å². The van der Waals surface area contributed by atoms with Gasteiger partial charge in [-0.25, -0.2) is 0 Å². The van der Waals surface area contributed by atoms with Crippen LogP contribution in [0.25, 0.3) is 11.4 Å². The number of carbonyl (C=O) groups excluding carboxylic acids is 1. The van der Waals surface area contributed by atoms with Crippen LogP contribution >= 0.6 is 0 Å². The highest BCUT2D eigenvalue weighted by Gasteiger charge is 2.23. The molecule has 0 radical (unpaired) electrons. The van der Waals surface area contributed by atoms with Gasteiger partial charge in [-0.15, -0.1) is 0 Å². The average molecular weight is 446 g/mol. The first-order valence-corrected chi connectivity index (χ1v) is 11.0. The SMILES string of the molecule is COCc1nc(-c2cccc(CN3CCN(C(=O)c4cccc(C(C)C#N)c4)CC3)c2)no1. The topological polar surface area (TPSA) is 95.5 Å². The molecule has 1 fully saturated rings. The molecule has 1 amide bonds. The van der Waals surface area contributed by atoms with Gasteiger partial charge in [-0.1, -0.05) is 35.5 Å². The van der Waals surface area contributed by atoms with Crippen molar-refractivity contribution in [2.75, 3.05) is 33.3 Å². The van der Waals surface area contributed by atoms with Crippen LogP contribution in [0.3, 0.4) is 0 Å². The highest BCUT2D eigenvalue weighted by atomic mass is 16.5. The van der Waals surface area contributed by atoms with E-state index in [2.05, 4.69) is 33.2 Å². The second kappa shape index (κ2) is 10.4. The van der Waals surface area contributed by atoms with Crippen LogP contribution in [0.5, 0.6) is 0 Å². The maximum atomic E-state index is 13.0. The molecule has 0 spiro atoms. The van der Waals surface area contributed by atoms with E-state index in [9.17, 15) is 4.79 Å². The molecule has 0 saturated carbocycles. The van der Waals surface area contributed by atoms with E-state index in [4.69, 9.17) is 14.5 Å². The predicted molar refractivity (Wildman–Crippen MR) is 122 cm³/mol. The summed E-state index contributed by atoms with van der Waals surface area (Å²) in [6.07, 6.45) is 0. The highest BCUT2D eigenvalue weighted by molar-refractivity contribution is 5.94. The summed E-state index contributed by atoms with van der Waals surface area (Å²) in [6.45, 7) is 5.85. The molecule has 1 atom stereocenters. The van der Waals surface area contributed by atoms with E-state index in [1.54, 1.807) is 7.11 Å². The van der Waals surface area contributed by atoms with Gasteiger partial charge in [-0.05, 0) is 36.2 Å². The third-order valence-corrected chi connectivity index (χ3v) is 5.81. The summed E-state index contributed by atoms with van der Waals surface area (Å²) < 4.78 is 10.2. The maximum Gasteiger partial charge on any atom is 0.253 e. The first-order valence-electron chi connectivity index (χ1n) is 11.0. The number of carbonyl (C=O) groups is 1. The molecular formula is C25H27N5O3. The second-order valence-corrected chi connectivity index (χ2v) is 8.19. The van der Waals surface area contributed by atoms with Crippen molar-refractivity contribution < 1.29 is 14.1 Å². The summed E-state index contributed by atoms with van der Waals surface area (Å²) in [6, 6.07) is 17.7. The molecule has 0 N–H and O–H groups in total. The van der Waals surface area contributed by atoms with Gasteiger partial charge in [0, 0.05) is 51.0 Å².